The molecule has 76 valence electrons. The lowest BCUT2D eigenvalue weighted by molar-refractivity contribution is 0.277. The van der Waals surface area contributed by atoms with Crippen LogP contribution in [0.1, 0.15) is 13.8 Å². The summed E-state index contributed by atoms with van der Waals surface area (Å²) in [6, 6.07) is 0. The van der Waals surface area contributed by atoms with Gasteiger partial charge >= 0.3 is 0 Å². The number of ether oxygens (including phenoxy) is 2. The Kier molecular flexibility index (Phi) is 2.52. The van der Waals surface area contributed by atoms with E-state index in [4.69, 9.17) is 25.2 Å². The Hall–Kier alpha value is -0.930. The van der Waals surface area contributed by atoms with E-state index in [0.29, 0.717) is 25.0 Å². The van der Waals surface area contributed by atoms with E-state index in [1.165, 1.54) is 0 Å². The second-order valence-corrected chi connectivity index (χ2v) is 4.25. The van der Waals surface area contributed by atoms with Gasteiger partial charge in [0, 0.05) is 11.9 Å². The lowest BCUT2D eigenvalue weighted by Crippen LogP contribution is -2.34. The molecule has 0 N–H and O–H groups in total. The molecule has 0 amide bonds. The van der Waals surface area contributed by atoms with Crippen LogP contribution in [0.3, 0.4) is 0 Å². The summed E-state index contributed by atoms with van der Waals surface area (Å²) in [5, 5.41) is 0. The Morgan fingerprint density at radius 2 is 1.47 bits per heavy atom. The lowest BCUT2D eigenvalue weighted by Gasteiger charge is -2.22. The molecule has 0 bridgehead atoms. The predicted octanol–water partition coefficient (Wildman–Crippen LogP) is -0.141. The van der Waals surface area contributed by atoms with Crippen molar-refractivity contribution in [3.05, 3.63) is 0 Å². The van der Waals surface area contributed by atoms with Gasteiger partial charge in [-0.1, -0.05) is 0 Å². The highest BCUT2D eigenvalue weighted by atomic mass is 16.5. The zero-order valence-corrected chi connectivity index (χ0v) is 8.93. The van der Waals surface area contributed by atoms with Crippen LogP contribution in [0.4, 0.5) is 0 Å². The fraction of sp³-hybridized carbons (Fsp3) is 0.778. The monoisotopic (exact) mass is 202 g/mol. The second kappa shape index (κ2) is 3.58. The van der Waals surface area contributed by atoms with Gasteiger partial charge in [0.05, 0.1) is 0 Å². The summed E-state index contributed by atoms with van der Waals surface area (Å²) in [5.74, 6) is 0.579. The Labute approximate surface area is 92.0 Å². The first kappa shape index (κ1) is 10.6. The maximum atomic E-state index is 5.63. The summed E-state index contributed by atoms with van der Waals surface area (Å²) < 4.78 is 10.8. The van der Waals surface area contributed by atoms with Crippen LogP contribution < -0.4 is 0 Å². The third-order valence-electron chi connectivity index (χ3n) is 2.42. The number of hydrogen-bond donors (Lipinski definition) is 0. The number of rotatable bonds is 2. The minimum absolute atomic E-state index is 0.282. The van der Waals surface area contributed by atoms with Gasteiger partial charge in [-0.25, -0.2) is 0 Å². The van der Waals surface area contributed by atoms with Gasteiger partial charge in [0.25, 0.3) is 0 Å². The summed E-state index contributed by atoms with van der Waals surface area (Å²) in [5.41, 5.74) is -0.484. The molecule has 0 unspecified atom stereocenters. The highest BCUT2D eigenvalue weighted by Gasteiger charge is 2.39. The fourth-order valence-electron chi connectivity index (χ4n) is 1.55. The van der Waals surface area contributed by atoms with Crippen molar-refractivity contribution in [3.63, 3.8) is 0 Å². The maximum absolute atomic E-state index is 5.63. The second-order valence-electron chi connectivity index (χ2n) is 4.25. The third-order valence-corrected chi connectivity index (χ3v) is 2.42. The zero-order chi connectivity index (χ0) is 11.1. The van der Waals surface area contributed by atoms with Crippen LogP contribution in [0.25, 0.3) is 0 Å². The minimum Gasteiger partial charge on any atom is -0.479 e. The number of nitrogens with zero attached hydrogens (tertiary/aromatic N) is 2. The SMILES string of the molecule is [B][C@@H]1COC(C(C)(C)C2=N[C@H]([B])CO2)=N1. The first-order valence-corrected chi connectivity index (χ1v) is 4.93. The molecule has 6 heteroatoms. The Bertz CT molecular complexity index is 298. The molecule has 15 heavy (non-hydrogen) atoms. The molecule has 0 fully saturated rings. The lowest BCUT2D eigenvalue weighted by atomic mass is 9.92. The average molecular weight is 202 g/mol. The molecule has 0 saturated heterocycles. The van der Waals surface area contributed by atoms with Gasteiger partial charge in [0.15, 0.2) is 11.8 Å². The van der Waals surface area contributed by atoms with Crippen molar-refractivity contribution in [1.82, 2.24) is 0 Å². The van der Waals surface area contributed by atoms with E-state index in [1.54, 1.807) is 0 Å². The van der Waals surface area contributed by atoms with Crippen molar-refractivity contribution >= 4 is 27.5 Å². The average Bonchev–Trinajstić information content (AvgIpc) is 2.74. The molecule has 0 aromatic carbocycles. The van der Waals surface area contributed by atoms with E-state index in [-0.39, 0.29) is 11.9 Å². The van der Waals surface area contributed by atoms with E-state index in [2.05, 4.69) is 9.98 Å². The van der Waals surface area contributed by atoms with E-state index in [9.17, 15) is 0 Å². The Balaban J connectivity index is 2.20. The van der Waals surface area contributed by atoms with Gasteiger partial charge in [0.1, 0.15) is 34.3 Å². The molecule has 0 aromatic rings. The summed E-state index contributed by atoms with van der Waals surface area (Å²) in [6.45, 7) is 4.69. The molecule has 0 aromatic heterocycles. The van der Waals surface area contributed by atoms with Gasteiger partial charge in [-0.2, -0.15) is 0 Å². The highest BCUT2D eigenvalue weighted by molar-refractivity contribution is 6.16. The molecule has 0 spiro atoms. The van der Waals surface area contributed by atoms with Gasteiger partial charge in [-0.05, 0) is 13.8 Å². The molecule has 2 rings (SSSR count). The van der Waals surface area contributed by atoms with Crippen LogP contribution >= 0.6 is 0 Å². The van der Waals surface area contributed by atoms with Crippen LogP contribution in [0.2, 0.25) is 0 Å². The van der Waals surface area contributed by atoms with Crippen LogP contribution in [0, 0.1) is 5.41 Å². The third kappa shape index (κ3) is 1.90. The normalized spacial score (nSPS) is 30.5. The van der Waals surface area contributed by atoms with Gasteiger partial charge in [0.2, 0.25) is 0 Å². The number of hydrogen-bond acceptors (Lipinski definition) is 4. The van der Waals surface area contributed by atoms with Crippen LogP contribution in [0.5, 0.6) is 0 Å². The quantitative estimate of drug-likeness (QED) is 0.584. The van der Waals surface area contributed by atoms with Crippen molar-refractivity contribution < 1.29 is 9.47 Å². The maximum Gasteiger partial charge on any atom is 0.198 e. The summed E-state index contributed by atoms with van der Waals surface area (Å²) in [6.07, 6.45) is 0. The summed E-state index contributed by atoms with van der Waals surface area (Å²) >= 11 is 0. The highest BCUT2D eigenvalue weighted by Crippen LogP contribution is 2.27. The van der Waals surface area contributed by atoms with Crippen LogP contribution in [-0.2, 0) is 9.47 Å². The van der Waals surface area contributed by atoms with Crippen molar-refractivity contribution in [2.45, 2.75) is 25.7 Å². The fourth-order valence-corrected chi connectivity index (χ4v) is 1.55. The molecular weight excluding hydrogens is 190 g/mol. The van der Waals surface area contributed by atoms with Gasteiger partial charge < -0.3 is 9.47 Å². The smallest absolute Gasteiger partial charge is 0.198 e. The largest absolute Gasteiger partial charge is 0.479 e. The standard InChI is InChI=1S/C9H12B2N2O2/c1-9(2,7-12-5(10)3-14-7)8-13-6(11)4-15-8/h5-6H,3-4H2,1-2H3/t5-,6-/m0/s1. The van der Waals surface area contributed by atoms with Crippen molar-refractivity contribution in [3.8, 4) is 0 Å². The Morgan fingerprint density at radius 3 is 1.73 bits per heavy atom. The molecule has 2 aliphatic rings. The van der Waals surface area contributed by atoms with Crippen LogP contribution in [-0.4, -0.2) is 52.6 Å². The topological polar surface area (TPSA) is 43.2 Å². The van der Waals surface area contributed by atoms with E-state index >= 15 is 0 Å². The molecule has 4 radical (unpaired) electrons. The molecule has 2 heterocycles. The Morgan fingerprint density at radius 1 is 1.07 bits per heavy atom. The molecule has 0 saturated carbocycles. The first-order valence-electron chi connectivity index (χ1n) is 4.93. The van der Waals surface area contributed by atoms with E-state index < -0.39 is 5.41 Å². The summed E-state index contributed by atoms with van der Waals surface area (Å²) in [4.78, 5) is 8.40. The zero-order valence-electron chi connectivity index (χ0n) is 8.93. The van der Waals surface area contributed by atoms with Crippen molar-refractivity contribution in [2.75, 3.05) is 13.2 Å². The summed E-state index contributed by atoms with van der Waals surface area (Å²) in [7, 11) is 11.3. The van der Waals surface area contributed by atoms with Crippen molar-refractivity contribution in [2.24, 2.45) is 15.4 Å². The van der Waals surface area contributed by atoms with E-state index in [0.717, 1.165) is 0 Å². The number of aliphatic imine (C=N–C) groups is 2. The van der Waals surface area contributed by atoms with Gasteiger partial charge in [-0.3, -0.25) is 9.98 Å². The molecule has 4 nitrogen and oxygen atoms in total. The molecule has 0 aliphatic carbocycles. The van der Waals surface area contributed by atoms with Crippen molar-refractivity contribution in [1.29, 1.82) is 0 Å². The van der Waals surface area contributed by atoms with Gasteiger partial charge in [-0.15, -0.1) is 0 Å². The minimum atomic E-state index is -0.484. The first-order chi connectivity index (χ1) is 7.00. The molecular formula is C9H12B2N2O2. The van der Waals surface area contributed by atoms with Crippen LogP contribution in [0.15, 0.2) is 9.98 Å². The molecule has 2 aliphatic heterocycles. The predicted molar refractivity (Wildman–Crippen MR) is 59.6 cm³/mol. The van der Waals surface area contributed by atoms with E-state index in [1.807, 2.05) is 13.8 Å². The molecule has 2 atom stereocenters.